The zero-order valence-corrected chi connectivity index (χ0v) is 22.7. The Bertz CT molecular complexity index is 849. The van der Waals surface area contributed by atoms with E-state index in [2.05, 4.69) is 48.5 Å². The van der Waals surface area contributed by atoms with Crippen molar-refractivity contribution in [3.8, 4) is 0 Å². The predicted octanol–water partition coefficient (Wildman–Crippen LogP) is 7.84. The van der Waals surface area contributed by atoms with Gasteiger partial charge < -0.3 is 4.74 Å². The second-order valence-corrected chi connectivity index (χ2v) is 15.4. The summed E-state index contributed by atoms with van der Waals surface area (Å²) in [6.45, 7) is 18.0. The first-order chi connectivity index (χ1) is 15.4. The number of hydrogen-bond acceptors (Lipinski definition) is 2. The fraction of sp³-hybridized carbons (Fsp3) is 0.968. The Labute approximate surface area is 203 Å². The Morgan fingerprint density at radius 2 is 1.48 bits per heavy atom. The molecule has 2 heteroatoms. The standard InChI is InChI=1S/C31H50O2/c1-20(2)29(7)14-10-21(18-33-29)22-11-13-28(6)24-9-8-23-26(3,4)25(32)12-15-30(23)19-31(24,30)17-16-27(22,28)5/h20-24H,8-19H2,1-7H3/t21?,22-,23+,24+,27-,28+,29-,30-,31+/m1/s1. The number of Topliss-reactive ketones (excluding diaryl/α,β-unsaturated/α-hetero) is 1. The van der Waals surface area contributed by atoms with Gasteiger partial charge in [0, 0.05) is 11.8 Å². The minimum absolute atomic E-state index is 0.0833. The van der Waals surface area contributed by atoms with Crippen LogP contribution in [0.4, 0.5) is 0 Å². The first-order valence-corrected chi connectivity index (χ1v) is 14.5. The number of carbonyl (C=O) groups excluding carboxylic acids is 1. The van der Waals surface area contributed by atoms with Crippen LogP contribution in [0.3, 0.4) is 0 Å². The van der Waals surface area contributed by atoms with E-state index in [4.69, 9.17) is 4.74 Å². The molecule has 2 spiro atoms. The third-order valence-corrected chi connectivity index (χ3v) is 14.3. The lowest BCUT2D eigenvalue weighted by atomic mass is 9.42. The summed E-state index contributed by atoms with van der Waals surface area (Å²) in [6, 6.07) is 0. The highest BCUT2D eigenvalue weighted by Crippen LogP contribution is 2.88. The van der Waals surface area contributed by atoms with Gasteiger partial charge in [0.2, 0.25) is 0 Å². The first kappa shape index (κ1) is 23.1. The molecule has 1 aliphatic heterocycles. The Kier molecular flexibility index (Phi) is 4.67. The molecule has 0 bridgehead atoms. The van der Waals surface area contributed by atoms with Crippen LogP contribution in [-0.4, -0.2) is 18.0 Å². The molecule has 0 radical (unpaired) electrons. The van der Waals surface area contributed by atoms with E-state index < -0.39 is 0 Å². The predicted molar refractivity (Wildman–Crippen MR) is 134 cm³/mol. The zero-order valence-electron chi connectivity index (χ0n) is 22.7. The Hall–Kier alpha value is -0.370. The van der Waals surface area contributed by atoms with Crippen LogP contribution >= 0.6 is 0 Å². The number of fused-ring (bicyclic) bond motifs is 2. The summed E-state index contributed by atoms with van der Waals surface area (Å²) in [6.07, 6.45) is 14.5. The van der Waals surface area contributed by atoms with Gasteiger partial charge in [-0.15, -0.1) is 0 Å². The number of ether oxygens (including phenoxy) is 1. The zero-order chi connectivity index (χ0) is 23.7. The van der Waals surface area contributed by atoms with Crippen molar-refractivity contribution in [3.63, 3.8) is 0 Å². The molecule has 1 unspecified atom stereocenters. The van der Waals surface area contributed by atoms with Gasteiger partial charge in [-0.2, -0.15) is 0 Å². The molecule has 0 amide bonds. The van der Waals surface area contributed by atoms with Crippen molar-refractivity contribution in [2.24, 2.45) is 56.7 Å². The van der Waals surface area contributed by atoms with Gasteiger partial charge in [0.25, 0.3) is 0 Å². The summed E-state index contributed by atoms with van der Waals surface area (Å²) in [5.74, 6) is 4.29. The van der Waals surface area contributed by atoms with Gasteiger partial charge in [-0.3, -0.25) is 4.79 Å². The van der Waals surface area contributed by atoms with E-state index >= 15 is 0 Å². The van der Waals surface area contributed by atoms with Crippen LogP contribution in [0.5, 0.6) is 0 Å². The van der Waals surface area contributed by atoms with E-state index in [-0.39, 0.29) is 11.0 Å². The Morgan fingerprint density at radius 3 is 2.15 bits per heavy atom. The average Bonchev–Trinajstić information content (AvgIpc) is 3.35. The molecule has 0 aromatic heterocycles. The largest absolute Gasteiger partial charge is 0.375 e. The highest BCUT2D eigenvalue weighted by Gasteiger charge is 2.82. The SMILES string of the molecule is CC(C)[C@@]1(C)CCC([C@H]2CC[C@@]3(C)[C@@H]4CC[C@H]5C(C)(C)C(=O)CC[C@@]56C[C@@]46CC[C@]23C)CO1. The lowest BCUT2D eigenvalue weighted by Crippen LogP contribution is -2.57. The molecule has 186 valence electrons. The summed E-state index contributed by atoms with van der Waals surface area (Å²) in [4.78, 5) is 12.9. The number of hydrogen-bond donors (Lipinski definition) is 0. The second-order valence-electron chi connectivity index (χ2n) is 15.4. The van der Waals surface area contributed by atoms with Gasteiger partial charge in [-0.05, 0) is 122 Å². The molecule has 1 heterocycles. The summed E-state index contributed by atoms with van der Waals surface area (Å²) in [5, 5.41) is 0. The van der Waals surface area contributed by atoms with Crippen molar-refractivity contribution in [2.45, 2.75) is 125 Å². The highest BCUT2D eigenvalue weighted by atomic mass is 16.5. The number of rotatable bonds is 2. The minimum atomic E-state index is -0.0882. The van der Waals surface area contributed by atoms with Gasteiger partial charge >= 0.3 is 0 Å². The highest BCUT2D eigenvalue weighted by molar-refractivity contribution is 5.86. The summed E-state index contributed by atoms with van der Waals surface area (Å²) >= 11 is 0. The van der Waals surface area contributed by atoms with Crippen LogP contribution in [-0.2, 0) is 9.53 Å². The molecule has 0 aromatic carbocycles. The lowest BCUT2D eigenvalue weighted by Gasteiger charge is -2.63. The minimum Gasteiger partial charge on any atom is -0.375 e. The van der Waals surface area contributed by atoms with E-state index in [1.807, 2.05) is 0 Å². The van der Waals surface area contributed by atoms with E-state index in [0.29, 0.717) is 39.3 Å². The number of ketones is 1. The van der Waals surface area contributed by atoms with Crippen LogP contribution in [0.15, 0.2) is 0 Å². The van der Waals surface area contributed by atoms with E-state index in [1.165, 1.54) is 64.2 Å². The molecule has 5 saturated carbocycles. The van der Waals surface area contributed by atoms with Gasteiger partial charge in [0.05, 0.1) is 12.2 Å². The van der Waals surface area contributed by atoms with Crippen LogP contribution in [0.1, 0.15) is 119 Å². The van der Waals surface area contributed by atoms with Crippen LogP contribution < -0.4 is 0 Å². The molecular formula is C31H50O2. The Balaban J connectivity index is 1.27. The Morgan fingerprint density at radius 1 is 0.788 bits per heavy atom. The monoisotopic (exact) mass is 454 g/mol. The molecule has 6 fully saturated rings. The molecular weight excluding hydrogens is 404 g/mol. The molecule has 0 aromatic rings. The normalized spacial score (nSPS) is 57.2. The maximum absolute atomic E-state index is 12.9. The molecule has 2 nitrogen and oxygen atoms in total. The first-order valence-electron chi connectivity index (χ1n) is 14.5. The van der Waals surface area contributed by atoms with Gasteiger partial charge in [0.15, 0.2) is 0 Å². The molecule has 0 N–H and O–H groups in total. The summed E-state index contributed by atoms with van der Waals surface area (Å²) in [5.41, 5.74) is 2.02. The summed E-state index contributed by atoms with van der Waals surface area (Å²) in [7, 11) is 0. The van der Waals surface area contributed by atoms with E-state index in [0.717, 1.165) is 30.8 Å². The van der Waals surface area contributed by atoms with Crippen molar-refractivity contribution >= 4 is 5.78 Å². The maximum atomic E-state index is 12.9. The van der Waals surface area contributed by atoms with Gasteiger partial charge in [0.1, 0.15) is 5.78 Å². The molecule has 33 heavy (non-hydrogen) atoms. The maximum Gasteiger partial charge on any atom is 0.138 e. The topological polar surface area (TPSA) is 26.3 Å². The van der Waals surface area contributed by atoms with Crippen LogP contribution in [0.2, 0.25) is 0 Å². The molecule has 6 aliphatic rings. The van der Waals surface area contributed by atoms with E-state index in [1.54, 1.807) is 0 Å². The molecule has 1 saturated heterocycles. The van der Waals surface area contributed by atoms with Crippen molar-refractivity contribution in [1.82, 2.24) is 0 Å². The smallest absolute Gasteiger partial charge is 0.138 e. The third kappa shape index (κ3) is 2.59. The fourth-order valence-corrected chi connectivity index (χ4v) is 11.7. The van der Waals surface area contributed by atoms with Crippen molar-refractivity contribution in [2.75, 3.05) is 6.61 Å². The summed E-state index contributed by atoms with van der Waals surface area (Å²) < 4.78 is 6.61. The quantitative estimate of drug-likeness (QED) is 0.425. The van der Waals surface area contributed by atoms with Crippen LogP contribution in [0, 0.1) is 56.7 Å². The average molecular weight is 455 g/mol. The molecule has 5 aliphatic carbocycles. The fourth-order valence-electron chi connectivity index (χ4n) is 11.7. The lowest BCUT2D eigenvalue weighted by molar-refractivity contribution is -0.168. The van der Waals surface area contributed by atoms with E-state index in [9.17, 15) is 4.79 Å². The van der Waals surface area contributed by atoms with Gasteiger partial charge in [-0.1, -0.05) is 41.5 Å². The van der Waals surface area contributed by atoms with Gasteiger partial charge in [-0.25, -0.2) is 0 Å². The van der Waals surface area contributed by atoms with Crippen LogP contribution in [0.25, 0.3) is 0 Å². The van der Waals surface area contributed by atoms with Crippen molar-refractivity contribution in [3.05, 3.63) is 0 Å². The number of carbonyl (C=O) groups is 1. The molecule has 9 atom stereocenters. The van der Waals surface area contributed by atoms with Crippen molar-refractivity contribution in [1.29, 1.82) is 0 Å². The third-order valence-electron chi connectivity index (χ3n) is 14.3. The molecule has 6 rings (SSSR count). The second kappa shape index (κ2) is 6.68. The van der Waals surface area contributed by atoms with Crippen molar-refractivity contribution < 1.29 is 9.53 Å².